The summed E-state index contributed by atoms with van der Waals surface area (Å²) in [4.78, 5) is 0. The summed E-state index contributed by atoms with van der Waals surface area (Å²) in [6, 6.07) is 35.6. The lowest BCUT2D eigenvalue weighted by molar-refractivity contribution is 0.198. The summed E-state index contributed by atoms with van der Waals surface area (Å²) in [7, 11) is -8.15. The van der Waals surface area contributed by atoms with E-state index in [4.69, 9.17) is 27.1 Å². The van der Waals surface area contributed by atoms with E-state index in [9.17, 15) is 9.13 Å². The number of phosphoric acid groups is 2. The van der Waals surface area contributed by atoms with Gasteiger partial charge in [0.25, 0.3) is 0 Å². The molecule has 5 aromatic rings. The fourth-order valence-electron chi connectivity index (χ4n) is 4.09. The lowest BCUT2D eigenvalue weighted by atomic mass is 10.1. The molecule has 0 aliphatic carbocycles. The van der Waals surface area contributed by atoms with Crippen molar-refractivity contribution < 1.29 is 36.3 Å². The van der Waals surface area contributed by atoms with Gasteiger partial charge in [-0.1, -0.05) is 95.1 Å². The lowest BCUT2D eigenvalue weighted by Gasteiger charge is -2.20. The average Bonchev–Trinajstić information content (AvgIpc) is 3.04. The molecule has 10 heteroatoms. The van der Waals surface area contributed by atoms with E-state index in [0.29, 0.717) is 34.1 Å². The van der Waals surface area contributed by atoms with Gasteiger partial charge in [-0.25, -0.2) is 9.13 Å². The molecule has 5 aromatic carbocycles. The van der Waals surface area contributed by atoms with Gasteiger partial charge in [0.05, 0.1) is 13.2 Å². The minimum Gasteiger partial charge on any atom is -0.395 e. The van der Waals surface area contributed by atoms with Crippen LogP contribution in [0.3, 0.4) is 0 Å². The first-order chi connectivity index (χ1) is 22.0. The summed E-state index contributed by atoms with van der Waals surface area (Å²) >= 11 is 0. The molecule has 238 valence electrons. The van der Waals surface area contributed by atoms with Crippen molar-refractivity contribution in [3.63, 3.8) is 0 Å². The monoisotopic (exact) mass is 658 g/mol. The van der Waals surface area contributed by atoms with Crippen molar-refractivity contribution in [2.45, 2.75) is 40.9 Å². The van der Waals surface area contributed by atoms with Crippen LogP contribution >= 0.6 is 15.6 Å². The van der Waals surface area contributed by atoms with E-state index < -0.39 is 15.6 Å². The summed E-state index contributed by atoms with van der Waals surface area (Å²) in [5.74, 6) is 1.44. The number of hydrogen-bond acceptors (Lipinski definition) is 8. The van der Waals surface area contributed by atoms with Gasteiger partial charge in [-0.05, 0) is 87.4 Å². The van der Waals surface area contributed by atoms with E-state index in [0.717, 1.165) is 22.3 Å². The first-order valence-corrected chi connectivity index (χ1v) is 17.6. The Hall–Kier alpha value is -4.32. The van der Waals surface area contributed by atoms with E-state index in [1.54, 1.807) is 72.8 Å². The molecule has 0 saturated heterocycles. The molecule has 0 aliphatic rings. The standard InChI is InChI=1S/C36H36O8P2/c1-27-5-17-33(18-6-27)41-45(37,42-34-19-7-28(2)8-20-34)39-25-31-13-15-32(16-14-31)26-40-46(38,43-35-21-9-29(3)10-22-35)44-36-23-11-30(4)12-24-36/h5-24H,25-26H2,1-4H3. The maximum Gasteiger partial charge on any atom is 0.587 e. The molecular formula is C36H36O8P2. The summed E-state index contributed by atoms with van der Waals surface area (Å²) in [6.07, 6.45) is 0. The van der Waals surface area contributed by atoms with Gasteiger partial charge in [-0.15, -0.1) is 0 Å². The van der Waals surface area contributed by atoms with Gasteiger partial charge in [0.15, 0.2) is 0 Å². The molecule has 0 aliphatic heterocycles. The third-order valence-corrected chi connectivity index (χ3v) is 9.38. The predicted molar refractivity (Wildman–Crippen MR) is 178 cm³/mol. The molecule has 0 atom stereocenters. The molecular weight excluding hydrogens is 622 g/mol. The summed E-state index contributed by atoms with van der Waals surface area (Å²) in [5, 5.41) is 0. The highest BCUT2D eigenvalue weighted by molar-refractivity contribution is 7.49. The van der Waals surface area contributed by atoms with Crippen LogP contribution in [0.4, 0.5) is 0 Å². The molecule has 0 unspecified atom stereocenters. The minimum absolute atomic E-state index is 0.0539. The van der Waals surface area contributed by atoms with Crippen LogP contribution in [-0.4, -0.2) is 0 Å². The highest BCUT2D eigenvalue weighted by Gasteiger charge is 2.32. The van der Waals surface area contributed by atoms with Gasteiger partial charge >= 0.3 is 15.6 Å². The van der Waals surface area contributed by atoms with Crippen LogP contribution in [0.2, 0.25) is 0 Å². The molecule has 8 nitrogen and oxygen atoms in total. The Morgan fingerprint density at radius 3 is 0.804 bits per heavy atom. The van der Waals surface area contributed by atoms with Crippen LogP contribution < -0.4 is 18.1 Å². The van der Waals surface area contributed by atoms with Crippen molar-refractivity contribution in [3.05, 3.63) is 155 Å². The van der Waals surface area contributed by atoms with E-state index in [-0.39, 0.29) is 13.2 Å². The van der Waals surface area contributed by atoms with Gasteiger partial charge < -0.3 is 18.1 Å². The number of hydrogen-bond donors (Lipinski definition) is 0. The smallest absolute Gasteiger partial charge is 0.395 e. The fourth-order valence-corrected chi connectivity index (χ4v) is 6.51. The SMILES string of the molecule is Cc1ccc(OP(=O)(OCc2ccc(COP(=O)(Oc3ccc(C)cc3)Oc3ccc(C)cc3)cc2)Oc2ccc(C)cc2)cc1. The quantitative estimate of drug-likeness (QED) is 0.109. The summed E-state index contributed by atoms with van der Waals surface area (Å²) < 4.78 is 62.1. The van der Waals surface area contributed by atoms with E-state index in [2.05, 4.69) is 0 Å². The topological polar surface area (TPSA) is 89.5 Å². The van der Waals surface area contributed by atoms with Gasteiger partial charge in [0.1, 0.15) is 23.0 Å². The minimum atomic E-state index is -4.07. The Morgan fingerprint density at radius 2 is 0.587 bits per heavy atom. The van der Waals surface area contributed by atoms with Crippen molar-refractivity contribution in [3.8, 4) is 23.0 Å². The Morgan fingerprint density at radius 1 is 0.370 bits per heavy atom. The van der Waals surface area contributed by atoms with E-state index in [1.165, 1.54) is 0 Å². The number of aryl methyl sites for hydroxylation is 4. The summed E-state index contributed by atoms with van der Waals surface area (Å²) in [6.45, 7) is 7.69. The third-order valence-electron chi connectivity index (χ3n) is 6.75. The van der Waals surface area contributed by atoms with E-state index >= 15 is 0 Å². The van der Waals surface area contributed by atoms with Gasteiger partial charge in [0.2, 0.25) is 0 Å². The van der Waals surface area contributed by atoms with Crippen LogP contribution in [0, 0.1) is 27.7 Å². The first-order valence-electron chi connectivity index (χ1n) is 14.7. The number of phosphoric ester groups is 2. The number of benzene rings is 5. The molecule has 0 amide bonds. The van der Waals surface area contributed by atoms with Crippen LogP contribution in [0.1, 0.15) is 33.4 Å². The number of rotatable bonds is 14. The second kappa shape index (κ2) is 14.8. The maximum atomic E-state index is 13.8. The third kappa shape index (κ3) is 9.84. The molecule has 5 rings (SSSR count). The molecule has 0 saturated carbocycles. The largest absolute Gasteiger partial charge is 0.587 e. The predicted octanol–water partition coefficient (Wildman–Crippen LogP) is 10.5. The molecule has 0 bridgehead atoms. The molecule has 0 aromatic heterocycles. The molecule has 0 fully saturated rings. The highest BCUT2D eigenvalue weighted by atomic mass is 31.2. The lowest BCUT2D eigenvalue weighted by Crippen LogP contribution is -2.06. The van der Waals surface area contributed by atoms with Gasteiger partial charge in [-0.3, -0.25) is 9.05 Å². The van der Waals surface area contributed by atoms with Crippen LogP contribution in [0.25, 0.3) is 0 Å². The van der Waals surface area contributed by atoms with Crippen molar-refractivity contribution in [1.82, 2.24) is 0 Å². The average molecular weight is 659 g/mol. The Balaban J connectivity index is 1.26. The zero-order chi connectivity index (χ0) is 32.6. The maximum absolute atomic E-state index is 13.8. The molecule has 0 heterocycles. The first kappa shape index (κ1) is 33.1. The van der Waals surface area contributed by atoms with Crippen molar-refractivity contribution in [2.24, 2.45) is 0 Å². The van der Waals surface area contributed by atoms with Crippen LogP contribution in [0.5, 0.6) is 23.0 Å². The second-order valence-electron chi connectivity index (χ2n) is 10.9. The molecule has 0 radical (unpaired) electrons. The molecule has 46 heavy (non-hydrogen) atoms. The van der Waals surface area contributed by atoms with Crippen molar-refractivity contribution in [2.75, 3.05) is 0 Å². The summed E-state index contributed by atoms with van der Waals surface area (Å²) in [5.41, 5.74) is 5.55. The van der Waals surface area contributed by atoms with Gasteiger partial charge in [-0.2, -0.15) is 0 Å². The van der Waals surface area contributed by atoms with Crippen LogP contribution in [0.15, 0.2) is 121 Å². The second-order valence-corrected chi connectivity index (χ2v) is 13.9. The Bertz CT molecular complexity index is 1560. The Labute approximate surface area is 270 Å². The van der Waals surface area contributed by atoms with Crippen molar-refractivity contribution in [1.29, 1.82) is 0 Å². The Kier molecular flexibility index (Phi) is 10.7. The highest BCUT2D eigenvalue weighted by Crippen LogP contribution is 2.51. The van der Waals surface area contributed by atoms with Crippen LogP contribution in [-0.2, 0) is 31.4 Å². The van der Waals surface area contributed by atoms with E-state index in [1.807, 2.05) is 76.2 Å². The molecule has 0 N–H and O–H groups in total. The van der Waals surface area contributed by atoms with Gasteiger partial charge in [0, 0.05) is 0 Å². The molecule has 0 spiro atoms. The van der Waals surface area contributed by atoms with Crippen molar-refractivity contribution >= 4 is 15.6 Å². The zero-order valence-electron chi connectivity index (χ0n) is 26.1. The zero-order valence-corrected chi connectivity index (χ0v) is 27.9. The normalized spacial score (nSPS) is 11.6. The fraction of sp³-hybridized carbons (Fsp3) is 0.167.